The number of nitrogens with one attached hydrogen (secondary N) is 2. The summed E-state index contributed by atoms with van der Waals surface area (Å²) in [6, 6.07) is 15.5. The lowest BCUT2D eigenvalue weighted by Gasteiger charge is -2.04. The van der Waals surface area contributed by atoms with Gasteiger partial charge in [0, 0.05) is 19.2 Å². The van der Waals surface area contributed by atoms with Crippen LogP contribution in [0, 0.1) is 6.92 Å². The van der Waals surface area contributed by atoms with Crippen molar-refractivity contribution in [1.29, 1.82) is 0 Å². The number of aryl methyl sites for hydroxylation is 1. The van der Waals surface area contributed by atoms with E-state index in [9.17, 15) is 4.79 Å². The highest BCUT2D eigenvalue weighted by Gasteiger charge is 2.15. The van der Waals surface area contributed by atoms with Gasteiger partial charge in [0.2, 0.25) is 6.79 Å². The van der Waals surface area contributed by atoms with Crippen molar-refractivity contribution in [2.24, 2.45) is 0 Å². The maximum atomic E-state index is 12.3. The molecule has 2 aromatic carbocycles. The number of ether oxygens (including phenoxy) is 2. The maximum absolute atomic E-state index is 12.3. The van der Waals surface area contributed by atoms with Gasteiger partial charge in [-0.25, -0.2) is 0 Å². The molecule has 2 heterocycles. The molecule has 0 bridgehead atoms. The Morgan fingerprint density at radius 2 is 1.75 bits per heavy atom. The van der Waals surface area contributed by atoms with Gasteiger partial charge in [0.25, 0.3) is 5.91 Å². The Kier molecular flexibility index (Phi) is 5.25. The molecule has 0 atom stereocenters. The molecule has 1 aliphatic heterocycles. The van der Waals surface area contributed by atoms with Crippen LogP contribution in [0.1, 0.15) is 32.9 Å². The van der Waals surface area contributed by atoms with E-state index >= 15 is 0 Å². The quantitative estimate of drug-likeness (QED) is 0.657. The average molecular weight is 379 g/mol. The third kappa shape index (κ3) is 4.32. The second-order valence-electron chi connectivity index (χ2n) is 6.64. The highest BCUT2D eigenvalue weighted by molar-refractivity contribution is 5.92. The Balaban J connectivity index is 1.26. The molecule has 144 valence electrons. The summed E-state index contributed by atoms with van der Waals surface area (Å²) >= 11 is 0. The number of carbonyl (C=O) groups excluding carboxylic acids is 1. The first-order valence-electron chi connectivity index (χ1n) is 9.06. The van der Waals surface area contributed by atoms with E-state index < -0.39 is 0 Å². The Labute approximate surface area is 162 Å². The summed E-state index contributed by atoms with van der Waals surface area (Å²) in [4.78, 5) is 12.3. The molecular formula is C21H21N3O4. The summed E-state index contributed by atoms with van der Waals surface area (Å²) in [5, 5.41) is 9.96. The number of rotatable bonds is 7. The van der Waals surface area contributed by atoms with Crippen LogP contribution in [0.15, 0.2) is 53.1 Å². The van der Waals surface area contributed by atoms with Gasteiger partial charge in [-0.15, -0.1) is 0 Å². The van der Waals surface area contributed by atoms with E-state index in [1.807, 2.05) is 18.2 Å². The van der Waals surface area contributed by atoms with Crippen LogP contribution < -0.4 is 20.1 Å². The standard InChI is InChI=1S/C21H21N3O4/c1-14-2-4-15(5-3-14)10-22-12-17-9-18(24-28-17)21(25)23-11-16-6-7-19-20(8-16)27-13-26-19/h2-9,22H,10-13H2,1H3,(H,23,25). The zero-order valence-corrected chi connectivity index (χ0v) is 15.5. The number of benzene rings is 2. The van der Waals surface area contributed by atoms with Crippen molar-refractivity contribution < 1.29 is 18.8 Å². The number of fused-ring (bicyclic) bond motifs is 1. The molecule has 1 aliphatic rings. The molecule has 0 fully saturated rings. The van der Waals surface area contributed by atoms with E-state index in [0.717, 1.165) is 5.56 Å². The molecule has 0 aliphatic carbocycles. The van der Waals surface area contributed by atoms with Gasteiger partial charge >= 0.3 is 0 Å². The number of nitrogens with zero attached hydrogens (tertiary/aromatic N) is 1. The topological polar surface area (TPSA) is 85.6 Å². The van der Waals surface area contributed by atoms with Crippen molar-refractivity contribution in [2.45, 2.75) is 26.6 Å². The molecule has 4 rings (SSSR count). The van der Waals surface area contributed by atoms with Crippen LogP contribution in [0.25, 0.3) is 0 Å². The van der Waals surface area contributed by atoms with Crippen molar-refractivity contribution in [2.75, 3.05) is 6.79 Å². The summed E-state index contributed by atoms with van der Waals surface area (Å²) in [5.41, 5.74) is 3.59. The van der Waals surface area contributed by atoms with E-state index in [2.05, 4.69) is 47.0 Å². The highest BCUT2D eigenvalue weighted by atomic mass is 16.7. The minimum atomic E-state index is -0.286. The predicted molar refractivity (Wildman–Crippen MR) is 102 cm³/mol. The van der Waals surface area contributed by atoms with E-state index in [1.165, 1.54) is 11.1 Å². The largest absolute Gasteiger partial charge is 0.454 e. The summed E-state index contributed by atoms with van der Waals surface area (Å²) < 4.78 is 15.9. The second kappa shape index (κ2) is 8.14. The molecule has 2 N–H and O–H groups in total. The van der Waals surface area contributed by atoms with Crippen molar-refractivity contribution in [1.82, 2.24) is 15.8 Å². The number of carbonyl (C=O) groups is 1. The van der Waals surface area contributed by atoms with Crippen molar-refractivity contribution >= 4 is 5.91 Å². The van der Waals surface area contributed by atoms with Crippen LogP contribution >= 0.6 is 0 Å². The molecule has 0 radical (unpaired) electrons. The van der Waals surface area contributed by atoms with Crippen LogP contribution in [-0.2, 0) is 19.6 Å². The van der Waals surface area contributed by atoms with E-state index in [-0.39, 0.29) is 18.4 Å². The lowest BCUT2D eigenvalue weighted by Crippen LogP contribution is -2.23. The summed E-state index contributed by atoms with van der Waals surface area (Å²) in [7, 11) is 0. The van der Waals surface area contributed by atoms with Crippen LogP contribution in [0.3, 0.4) is 0 Å². The third-order valence-electron chi connectivity index (χ3n) is 4.43. The van der Waals surface area contributed by atoms with Gasteiger partial charge in [0.1, 0.15) is 0 Å². The Morgan fingerprint density at radius 1 is 0.964 bits per heavy atom. The monoisotopic (exact) mass is 379 g/mol. The number of amides is 1. The zero-order chi connectivity index (χ0) is 19.3. The van der Waals surface area contributed by atoms with Crippen molar-refractivity contribution in [3.63, 3.8) is 0 Å². The van der Waals surface area contributed by atoms with E-state index in [0.29, 0.717) is 36.9 Å². The summed E-state index contributed by atoms with van der Waals surface area (Å²) in [6.45, 7) is 3.86. The van der Waals surface area contributed by atoms with Crippen LogP contribution in [0.5, 0.6) is 11.5 Å². The van der Waals surface area contributed by atoms with E-state index in [1.54, 1.807) is 6.07 Å². The Hall–Kier alpha value is -3.32. The third-order valence-corrected chi connectivity index (χ3v) is 4.43. The highest BCUT2D eigenvalue weighted by Crippen LogP contribution is 2.32. The smallest absolute Gasteiger partial charge is 0.273 e. The van der Waals surface area contributed by atoms with Gasteiger partial charge in [-0.2, -0.15) is 0 Å². The fourth-order valence-corrected chi connectivity index (χ4v) is 2.86. The first-order chi connectivity index (χ1) is 13.7. The second-order valence-corrected chi connectivity index (χ2v) is 6.64. The van der Waals surface area contributed by atoms with Crippen molar-refractivity contribution in [3.8, 4) is 11.5 Å². The van der Waals surface area contributed by atoms with Gasteiger partial charge < -0.3 is 24.6 Å². The van der Waals surface area contributed by atoms with Crippen LogP contribution in [-0.4, -0.2) is 17.9 Å². The molecular weight excluding hydrogens is 358 g/mol. The molecule has 7 nitrogen and oxygen atoms in total. The molecule has 0 saturated carbocycles. The SMILES string of the molecule is Cc1ccc(CNCc2cc(C(=O)NCc3ccc4c(c3)OCO4)no2)cc1. The van der Waals surface area contributed by atoms with Crippen LogP contribution in [0.2, 0.25) is 0 Å². The first kappa shape index (κ1) is 18.1. The molecule has 1 aromatic heterocycles. The summed E-state index contributed by atoms with van der Waals surface area (Å²) in [5.74, 6) is 1.73. The summed E-state index contributed by atoms with van der Waals surface area (Å²) in [6.07, 6.45) is 0. The van der Waals surface area contributed by atoms with Gasteiger partial charge in [-0.1, -0.05) is 41.1 Å². The molecule has 0 saturated heterocycles. The molecule has 0 spiro atoms. The molecule has 7 heteroatoms. The predicted octanol–water partition coefficient (Wildman–Crippen LogP) is 2.93. The number of hydrogen-bond donors (Lipinski definition) is 2. The molecule has 28 heavy (non-hydrogen) atoms. The zero-order valence-electron chi connectivity index (χ0n) is 15.5. The minimum Gasteiger partial charge on any atom is -0.454 e. The molecule has 0 unspecified atom stereocenters. The Morgan fingerprint density at radius 3 is 2.61 bits per heavy atom. The van der Waals surface area contributed by atoms with Gasteiger partial charge in [0.05, 0.1) is 6.54 Å². The number of hydrogen-bond acceptors (Lipinski definition) is 6. The fraction of sp³-hybridized carbons (Fsp3) is 0.238. The van der Waals surface area contributed by atoms with Gasteiger partial charge in [-0.05, 0) is 30.2 Å². The van der Waals surface area contributed by atoms with E-state index in [4.69, 9.17) is 14.0 Å². The molecule has 3 aromatic rings. The van der Waals surface area contributed by atoms with Gasteiger partial charge in [0.15, 0.2) is 23.0 Å². The van der Waals surface area contributed by atoms with Crippen molar-refractivity contribution in [3.05, 3.63) is 76.7 Å². The number of aromatic nitrogens is 1. The lowest BCUT2D eigenvalue weighted by atomic mass is 10.1. The van der Waals surface area contributed by atoms with Crippen LogP contribution in [0.4, 0.5) is 0 Å². The van der Waals surface area contributed by atoms with Gasteiger partial charge in [-0.3, -0.25) is 4.79 Å². The average Bonchev–Trinajstić information content (AvgIpc) is 3.36. The maximum Gasteiger partial charge on any atom is 0.273 e. The fourth-order valence-electron chi connectivity index (χ4n) is 2.86. The first-order valence-corrected chi connectivity index (χ1v) is 9.06. The lowest BCUT2D eigenvalue weighted by molar-refractivity contribution is 0.0941. The molecule has 1 amide bonds. The Bertz CT molecular complexity index is 966. The normalized spacial score (nSPS) is 12.2. The minimum absolute atomic E-state index is 0.227.